The molecule has 3 rings (SSSR count). The number of nitrogens with zero attached hydrogens (tertiary/aromatic N) is 2. The molecule has 0 radical (unpaired) electrons. The van der Waals surface area contributed by atoms with Gasteiger partial charge in [-0.2, -0.15) is 5.10 Å². The smallest absolute Gasteiger partial charge is 0.250 e. The number of carbonyl (C=O) groups excluding carboxylic acids is 1. The highest BCUT2D eigenvalue weighted by molar-refractivity contribution is 6.07. The van der Waals surface area contributed by atoms with E-state index in [1.807, 2.05) is 14.0 Å². The molecule has 1 aliphatic heterocycles. The fourth-order valence-corrected chi connectivity index (χ4v) is 1.94. The molecule has 0 bridgehead atoms. The van der Waals surface area contributed by atoms with Crippen molar-refractivity contribution in [1.82, 2.24) is 9.78 Å². The first-order valence-electron chi connectivity index (χ1n) is 4.76. The lowest BCUT2D eigenvalue weighted by Gasteiger charge is -2.24. The second-order valence-electron chi connectivity index (χ2n) is 4.09. The summed E-state index contributed by atoms with van der Waals surface area (Å²) in [4.78, 5) is 11.7. The summed E-state index contributed by atoms with van der Waals surface area (Å²) in [5.74, 6) is 1.01. The zero-order valence-electron chi connectivity index (χ0n) is 8.22. The summed E-state index contributed by atoms with van der Waals surface area (Å²) in [5.41, 5.74) is 1.36. The molecule has 2 aliphatic rings. The number of hydrogen-bond acceptors (Lipinski definition) is 3. The van der Waals surface area contributed by atoms with Crippen LogP contribution in [0.1, 0.15) is 18.5 Å². The monoisotopic (exact) mass is 192 g/mol. The molecule has 0 aromatic carbocycles. The maximum Gasteiger partial charge on any atom is 0.250 e. The molecule has 74 valence electrons. The van der Waals surface area contributed by atoms with E-state index in [4.69, 9.17) is 0 Å². The lowest BCUT2D eigenvalue weighted by Crippen LogP contribution is -2.41. The van der Waals surface area contributed by atoms with E-state index >= 15 is 0 Å². The van der Waals surface area contributed by atoms with E-state index in [0.29, 0.717) is 0 Å². The van der Waals surface area contributed by atoms with Crippen molar-refractivity contribution in [1.29, 1.82) is 0 Å². The van der Waals surface area contributed by atoms with Crippen LogP contribution in [0.15, 0.2) is 0 Å². The first kappa shape index (κ1) is 7.84. The molecule has 0 saturated heterocycles. The van der Waals surface area contributed by atoms with E-state index in [0.717, 1.165) is 30.0 Å². The summed E-state index contributed by atoms with van der Waals surface area (Å²) in [6, 6.07) is 0. The van der Waals surface area contributed by atoms with E-state index in [1.54, 1.807) is 4.68 Å². The quantitative estimate of drug-likeness (QED) is 0.633. The van der Waals surface area contributed by atoms with Gasteiger partial charge in [0.1, 0.15) is 17.0 Å². The van der Waals surface area contributed by atoms with Crippen molar-refractivity contribution in [3.8, 4) is 0 Å². The first-order valence-corrected chi connectivity index (χ1v) is 4.76. The topological polar surface area (TPSA) is 59.0 Å². The molecule has 1 fully saturated rings. The number of rotatable bonds is 0. The third-order valence-corrected chi connectivity index (χ3v) is 3.00. The van der Waals surface area contributed by atoms with Gasteiger partial charge in [0.2, 0.25) is 5.91 Å². The zero-order chi connectivity index (χ0) is 9.92. The molecular weight excluding hydrogens is 180 g/mol. The van der Waals surface area contributed by atoms with Crippen LogP contribution in [0, 0.1) is 6.92 Å². The van der Waals surface area contributed by atoms with Gasteiger partial charge in [-0.25, -0.2) is 0 Å². The Balaban J connectivity index is 2.13. The Morgan fingerprint density at radius 1 is 1.50 bits per heavy atom. The van der Waals surface area contributed by atoms with Crippen LogP contribution in [0.25, 0.3) is 0 Å². The van der Waals surface area contributed by atoms with Crippen LogP contribution in [-0.4, -0.2) is 21.2 Å². The molecule has 1 spiro atoms. The van der Waals surface area contributed by atoms with Crippen molar-refractivity contribution in [3.05, 3.63) is 5.69 Å². The Labute approximate surface area is 81.5 Å². The zero-order valence-corrected chi connectivity index (χ0v) is 8.22. The van der Waals surface area contributed by atoms with Gasteiger partial charge in [-0.05, 0) is 19.8 Å². The number of hydrogen-bond donors (Lipinski definition) is 2. The predicted octanol–water partition coefficient (Wildman–Crippen LogP) is 0.625. The normalized spacial score (nSPS) is 21.4. The fourth-order valence-electron chi connectivity index (χ4n) is 1.94. The SMILES string of the molecule is Cc1nn(C)c2c1NC(=O)C1(CC1)N2. The van der Waals surface area contributed by atoms with E-state index < -0.39 is 0 Å². The molecular formula is C9H12N4O. The summed E-state index contributed by atoms with van der Waals surface area (Å²) in [5, 5.41) is 10.5. The van der Waals surface area contributed by atoms with Crippen LogP contribution in [-0.2, 0) is 11.8 Å². The maximum atomic E-state index is 11.7. The summed E-state index contributed by atoms with van der Waals surface area (Å²) in [6.45, 7) is 1.89. The number of aromatic nitrogens is 2. The van der Waals surface area contributed by atoms with Crippen molar-refractivity contribution in [2.75, 3.05) is 10.6 Å². The Morgan fingerprint density at radius 2 is 2.21 bits per heavy atom. The van der Waals surface area contributed by atoms with Crippen molar-refractivity contribution in [2.24, 2.45) is 7.05 Å². The standard InChI is InChI=1S/C9H12N4O/c1-5-6-7(13(2)12-5)11-9(3-4-9)8(14)10-6/h11H,3-4H2,1-2H3,(H,10,14). The highest BCUT2D eigenvalue weighted by Gasteiger charge is 2.53. The van der Waals surface area contributed by atoms with Crippen LogP contribution in [0.2, 0.25) is 0 Å². The number of anilines is 2. The lowest BCUT2D eigenvalue weighted by atomic mass is 10.2. The molecule has 5 nitrogen and oxygen atoms in total. The van der Waals surface area contributed by atoms with Gasteiger partial charge in [-0.15, -0.1) is 0 Å². The van der Waals surface area contributed by atoms with Crippen molar-refractivity contribution < 1.29 is 4.79 Å². The fraction of sp³-hybridized carbons (Fsp3) is 0.556. The van der Waals surface area contributed by atoms with Gasteiger partial charge in [0.05, 0.1) is 5.69 Å². The van der Waals surface area contributed by atoms with E-state index in [1.165, 1.54) is 0 Å². The number of aryl methyl sites for hydroxylation is 2. The summed E-state index contributed by atoms with van der Waals surface area (Å²) >= 11 is 0. The second-order valence-corrected chi connectivity index (χ2v) is 4.09. The average Bonchev–Trinajstić information content (AvgIpc) is 2.84. The van der Waals surface area contributed by atoms with Crippen LogP contribution in [0.5, 0.6) is 0 Å². The summed E-state index contributed by atoms with van der Waals surface area (Å²) < 4.78 is 1.78. The molecule has 5 heteroatoms. The molecule has 1 amide bonds. The highest BCUT2D eigenvalue weighted by Crippen LogP contribution is 2.45. The minimum Gasteiger partial charge on any atom is -0.354 e. The molecule has 1 aromatic rings. The molecule has 0 unspecified atom stereocenters. The first-order chi connectivity index (χ1) is 6.62. The number of nitrogens with one attached hydrogen (secondary N) is 2. The predicted molar refractivity (Wildman–Crippen MR) is 52.2 cm³/mol. The maximum absolute atomic E-state index is 11.7. The van der Waals surface area contributed by atoms with Crippen molar-refractivity contribution in [2.45, 2.75) is 25.3 Å². The third kappa shape index (κ3) is 0.792. The third-order valence-electron chi connectivity index (χ3n) is 3.00. The van der Waals surface area contributed by atoms with Gasteiger partial charge in [0.15, 0.2) is 0 Å². The van der Waals surface area contributed by atoms with Gasteiger partial charge < -0.3 is 10.6 Å². The number of fused-ring (bicyclic) bond motifs is 1. The molecule has 1 aromatic heterocycles. The lowest BCUT2D eigenvalue weighted by molar-refractivity contribution is -0.117. The van der Waals surface area contributed by atoms with Gasteiger partial charge in [-0.3, -0.25) is 9.48 Å². The average molecular weight is 192 g/mol. The summed E-state index contributed by atoms with van der Waals surface area (Å²) in [7, 11) is 1.88. The van der Waals surface area contributed by atoms with Gasteiger partial charge in [-0.1, -0.05) is 0 Å². The molecule has 0 atom stereocenters. The molecule has 1 saturated carbocycles. The van der Waals surface area contributed by atoms with Crippen molar-refractivity contribution in [3.63, 3.8) is 0 Å². The van der Waals surface area contributed by atoms with Crippen LogP contribution in [0.4, 0.5) is 11.5 Å². The van der Waals surface area contributed by atoms with Crippen LogP contribution >= 0.6 is 0 Å². The van der Waals surface area contributed by atoms with E-state index in [9.17, 15) is 4.79 Å². The largest absolute Gasteiger partial charge is 0.354 e. The minimum atomic E-state index is -0.326. The van der Waals surface area contributed by atoms with Gasteiger partial charge >= 0.3 is 0 Å². The van der Waals surface area contributed by atoms with E-state index in [-0.39, 0.29) is 11.4 Å². The van der Waals surface area contributed by atoms with Crippen LogP contribution in [0.3, 0.4) is 0 Å². The Kier molecular flexibility index (Phi) is 1.18. The second kappa shape index (κ2) is 2.10. The molecule has 14 heavy (non-hydrogen) atoms. The molecule has 1 aliphatic carbocycles. The van der Waals surface area contributed by atoms with Crippen molar-refractivity contribution >= 4 is 17.4 Å². The highest BCUT2D eigenvalue weighted by atomic mass is 16.2. The van der Waals surface area contributed by atoms with Crippen LogP contribution < -0.4 is 10.6 Å². The Bertz CT molecular complexity index is 430. The number of carbonyl (C=O) groups is 1. The van der Waals surface area contributed by atoms with Gasteiger partial charge in [0.25, 0.3) is 0 Å². The summed E-state index contributed by atoms with van der Waals surface area (Å²) in [6.07, 6.45) is 1.84. The molecule has 2 N–H and O–H groups in total. The molecule has 2 heterocycles. The number of amides is 1. The van der Waals surface area contributed by atoms with Gasteiger partial charge in [0, 0.05) is 7.05 Å². The Hall–Kier alpha value is -1.52. The minimum absolute atomic E-state index is 0.0844. The Morgan fingerprint density at radius 3 is 2.86 bits per heavy atom. The van der Waals surface area contributed by atoms with E-state index in [2.05, 4.69) is 15.7 Å².